The van der Waals surface area contributed by atoms with Crippen LogP contribution >= 0.6 is 0 Å². The fourth-order valence-corrected chi connectivity index (χ4v) is 6.41. The van der Waals surface area contributed by atoms with E-state index in [1.165, 1.54) is 24.3 Å². The van der Waals surface area contributed by atoms with E-state index in [0.717, 1.165) is 0 Å². The summed E-state index contributed by atoms with van der Waals surface area (Å²) in [6, 6.07) is 36.7. The minimum absolute atomic E-state index is 0. The summed E-state index contributed by atoms with van der Waals surface area (Å²) in [6.07, 6.45) is 7.26. The molecule has 24 heteroatoms. The molecule has 2 aliphatic heterocycles. The van der Waals surface area contributed by atoms with E-state index in [1.54, 1.807) is 110 Å². The average Bonchev–Trinajstić information content (AvgIpc) is 3.38. The van der Waals surface area contributed by atoms with Gasteiger partial charge in [-0.3, -0.25) is 29.6 Å². The van der Waals surface area contributed by atoms with Crippen molar-refractivity contribution in [3.8, 4) is 69.0 Å². The van der Waals surface area contributed by atoms with Crippen LogP contribution in [0.1, 0.15) is 43.0 Å². The Labute approximate surface area is 533 Å². The number of fused-ring (bicyclic) bond motifs is 9. The Hall–Kier alpha value is -6.00. The molecule has 0 fully saturated rings. The first-order valence-corrected chi connectivity index (χ1v) is 21.4. The van der Waals surface area contributed by atoms with Gasteiger partial charge in [0.05, 0.1) is 35.6 Å². The van der Waals surface area contributed by atoms with Crippen LogP contribution in [-0.4, -0.2) is 112 Å². The van der Waals surface area contributed by atoms with E-state index in [9.17, 15) is 40.2 Å². The molecular weight excluding hydrogens is 1510 g/mol. The van der Waals surface area contributed by atoms with Gasteiger partial charge in [0.2, 0.25) is 20.4 Å². The second-order valence-electron chi connectivity index (χ2n) is 14.7. The fourth-order valence-electron chi connectivity index (χ4n) is 6.41. The van der Waals surface area contributed by atoms with Crippen LogP contribution in [0.3, 0.4) is 0 Å². The van der Waals surface area contributed by atoms with Gasteiger partial charge in [0.1, 0.15) is 0 Å². The summed E-state index contributed by atoms with van der Waals surface area (Å²) in [5.74, 6) is 0.569. The van der Waals surface area contributed by atoms with E-state index in [-0.39, 0.29) is 234 Å². The van der Waals surface area contributed by atoms with Gasteiger partial charge in [-0.25, -0.2) is 0 Å². The third-order valence-electron chi connectivity index (χ3n) is 10.1. The molecule has 0 unspecified atom stereocenters. The Morgan fingerprint density at radius 2 is 0.727 bits per heavy atom. The van der Waals surface area contributed by atoms with Crippen molar-refractivity contribution in [2.24, 2.45) is 20.0 Å². The van der Waals surface area contributed by atoms with Crippen LogP contribution < -0.4 is 28.4 Å². The Morgan fingerprint density at radius 3 is 1.05 bits per heavy atom. The first-order valence-electron chi connectivity index (χ1n) is 21.4. The number of nitrogens with zero attached hydrogens (tertiary/aromatic N) is 4. The minimum Gasteiger partial charge on any atom is -0.504 e. The number of phenolic OH excluding ortho intramolecular Hbond substituents is 6. The van der Waals surface area contributed by atoms with Crippen molar-refractivity contribution in [3.63, 3.8) is 0 Å². The van der Waals surface area contributed by atoms with Gasteiger partial charge in [0.25, 0.3) is 0 Å². The molecule has 0 saturated heterocycles. The number of hydrogen-bond donors (Lipinski definition) is 6. The quantitative estimate of drug-likeness (QED) is 0.0546. The third kappa shape index (κ3) is 19.2. The number of hydrogen-bond acceptors (Lipinski definition) is 18. The van der Waals surface area contributed by atoms with Crippen LogP contribution in [0, 0.1) is 88.1 Å². The largest absolute Gasteiger partial charge is 0.504 e. The van der Waals surface area contributed by atoms with E-state index in [1.807, 2.05) is 24.3 Å². The Bertz CT molecular complexity index is 2950. The maximum atomic E-state index is 10.7. The summed E-state index contributed by atoms with van der Waals surface area (Å²) >= 11 is 0. The minimum atomic E-state index is -0.314. The van der Waals surface area contributed by atoms with Gasteiger partial charge in [0, 0.05) is 169 Å². The van der Waals surface area contributed by atoms with Crippen LogP contribution in [-0.2, 0) is 34.1 Å². The van der Waals surface area contributed by atoms with E-state index in [4.69, 9.17) is 28.4 Å². The second kappa shape index (κ2) is 35.4. The summed E-state index contributed by atoms with van der Waals surface area (Å²) in [6.45, 7) is 0.298. The Kier molecular flexibility index (Phi) is 31.7. The molecule has 2 aliphatic rings. The van der Waals surface area contributed by atoms with Gasteiger partial charge in [0.15, 0.2) is 81.6 Å². The Balaban J connectivity index is 0.000000560. The average molecular weight is 1560 g/mol. The molecule has 4 radical (unpaired) electrons. The number of benzene rings is 7. The summed E-state index contributed by atoms with van der Waals surface area (Å²) < 4.78 is 32.2. The van der Waals surface area contributed by atoms with Crippen molar-refractivity contribution < 1.29 is 202 Å². The smallest absolute Gasteiger partial charge is 0.231 e. The van der Waals surface area contributed by atoms with E-state index >= 15 is 0 Å². The number of para-hydroxylation sites is 8. The summed E-state index contributed by atoms with van der Waals surface area (Å²) in [5, 5.41) is 60.6. The van der Waals surface area contributed by atoms with Crippen molar-refractivity contribution in [3.05, 3.63) is 167 Å². The van der Waals surface area contributed by atoms with Crippen LogP contribution in [0.4, 0.5) is 11.4 Å². The van der Waals surface area contributed by atoms with Gasteiger partial charge in [-0.1, -0.05) is 48.5 Å². The van der Waals surface area contributed by atoms with Crippen molar-refractivity contribution in [2.75, 3.05) is 33.5 Å². The van der Waals surface area contributed by atoms with E-state index in [0.29, 0.717) is 59.3 Å². The normalized spacial score (nSPS) is 11.5. The van der Waals surface area contributed by atoms with Gasteiger partial charge < -0.3 is 70.0 Å². The summed E-state index contributed by atoms with van der Waals surface area (Å²) in [5.41, 5.74) is 3.57. The third-order valence-corrected chi connectivity index (χ3v) is 10.1. The fraction of sp³-hybridized carbons (Fsp3) is 0.0943. The number of carbonyl (C=O) groups is 2. The molecule has 7 aromatic carbocycles. The molecule has 20 nitrogen and oxygen atoms in total. The molecule has 0 spiro atoms. The van der Waals surface area contributed by atoms with Gasteiger partial charge in [-0.05, 0) is 84.9 Å². The molecule has 396 valence electrons. The van der Waals surface area contributed by atoms with Crippen molar-refractivity contribution in [1.29, 1.82) is 0 Å². The van der Waals surface area contributed by atoms with Crippen LogP contribution in [0.25, 0.3) is 0 Å². The van der Waals surface area contributed by atoms with E-state index < -0.39 is 0 Å². The zero-order valence-corrected chi connectivity index (χ0v) is 52.2. The predicted octanol–water partition coefficient (Wildman–Crippen LogP) is 7.18. The van der Waals surface area contributed by atoms with Gasteiger partial charge in [-0.15, -0.1) is 0 Å². The van der Waals surface area contributed by atoms with Gasteiger partial charge in [-0.2, -0.15) is 0 Å². The maximum absolute atomic E-state index is 10.7. The first-order chi connectivity index (χ1) is 34.6. The number of rotatable bonds is 6. The molecule has 0 amide bonds. The molecule has 0 aliphatic carbocycles. The second-order valence-corrected chi connectivity index (χ2v) is 14.7. The number of aliphatic imine (C=N–C) groups is 4. The zero-order chi connectivity index (χ0) is 50.0. The molecule has 0 atom stereocenters. The molecule has 9 rings (SSSR count). The SMILES string of the molecule is O.O.O=Cc1cccc(OCOc2cccc(C=O)c2O)c1O.Oc1c2cccc1OCOc1cccc(c1O)C=NCCN=C2.Oc1c2cccc1OCOc1cccc(c1O)C=Nc1ccccc1N=C2.[Ac].[Ac].[Mn].[Mn]. The topological polar surface area (TPSA) is 323 Å². The first kappa shape index (κ1) is 69.0. The molecule has 10 N–H and O–H groups in total. The number of ether oxygens (including phenoxy) is 6. The number of aldehydes is 2. The zero-order valence-electron chi connectivity index (χ0n) is 40.4. The standard InChI is InChI=1S/C21H16N2O4.C17H16N2O4.C15H12O6.2Ac.2Mn.2H2O/c24-20-14-5-3-9-18(20)26-13-27-19-10-4-6-15(21(19)25)12-23-17-8-2-1-7-16(17)22-11-14;20-16-12-3-1-5-14(16)22-11-23-15-6-2-4-13(17(15)21)10-19-8-7-18-9-12;16-7-10-3-1-5-12(14(10)18)20-9-21-13-6-2-4-11(8-17)15(13)19;;;;;;/h1-12,24-25H,13H2;1-6,9-10,20-21H,7-8,11H2;1-8,18-19H,9H2;;;;;2*1H2. The van der Waals surface area contributed by atoms with Crippen molar-refractivity contribution in [1.82, 2.24) is 0 Å². The van der Waals surface area contributed by atoms with Gasteiger partial charge >= 0.3 is 0 Å². The van der Waals surface area contributed by atoms with Crippen LogP contribution in [0.5, 0.6) is 69.0 Å². The van der Waals surface area contributed by atoms with Crippen molar-refractivity contribution in [2.45, 2.75) is 0 Å². The monoisotopic (exact) mass is 1560 g/mol. The van der Waals surface area contributed by atoms with Crippen LogP contribution in [0.2, 0.25) is 0 Å². The summed E-state index contributed by atoms with van der Waals surface area (Å²) in [7, 11) is 0. The molecule has 2 heterocycles. The molecule has 8 bridgehead atoms. The molecular formula is C53H48Ac2Mn2N4O16. The molecule has 0 aromatic heterocycles. The number of carbonyl (C=O) groups excluding carboxylic acids is 2. The van der Waals surface area contributed by atoms with Crippen LogP contribution in [0.15, 0.2) is 153 Å². The molecule has 0 saturated carbocycles. The predicted molar refractivity (Wildman–Crippen MR) is 271 cm³/mol. The molecule has 77 heavy (non-hydrogen) atoms. The number of aromatic hydroxyl groups is 6. The Morgan fingerprint density at radius 1 is 0.416 bits per heavy atom. The van der Waals surface area contributed by atoms with E-state index in [2.05, 4.69) is 20.0 Å². The molecule has 7 aromatic rings. The van der Waals surface area contributed by atoms with Crippen molar-refractivity contribution >= 4 is 48.8 Å². The summed E-state index contributed by atoms with van der Waals surface area (Å²) in [4.78, 5) is 38.7. The maximum Gasteiger partial charge on any atom is 0.231 e. The number of phenols is 6.